The molecule has 2 aliphatic carbocycles. The zero-order valence-corrected chi connectivity index (χ0v) is 45.1. The summed E-state index contributed by atoms with van der Waals surface area (Å²) in [5, 5.41) is 67.2. The number of unbranched alkanes of at least 4 members (excludes halogenated alkanes) is 1. The van der Waals surface area contributed by atoms with Gasteiger partial charge in [-0.2, -0.15) is 0 Å². The first-order valence-electron chi connectivity index (χ1n) is 24.7. The minimum absolute atomic E-state index is 0. The first-order valence-corrected chi connectivity index (χ1v) is 25.1. The minimum Gasteiger partial charge on any atom is -1.00 e. The molecule has 0 unspecified atom stereocenters. The van der Waals surface area contributed by atoms with E-state index < -0.39 is 138 Å². The molecule has 4 aromatic carbocycles. The number of aromatic hydroxyl groups is 2. The molecule has 7 rings (SSSR count). The highest BCUT2D eigenvalue weighted by Crippen LogP contribution is 2.52. The van der Waals surface area contributed by atoms with Crippen LogP contribution >= 0.6 is 11.6 Å². The molecule has 0 aromatic heterocycles. The van der Waals surface area contributed by atoms with Crippen LogP contribution in [0, 0.1) is 0 Å². The summed E-state index contributed by atoms with van der Waals surface area (Å²) in [6.07, 6.45) is -6.21. The van der Waals surface area contributed by atoms with Crippen molar-refractivity contribution < 1.29 is 114 Å². The van der Waals surface area contributed by atoms with Gasteiger partial charge in [0.05, 0.1) is 59.3 Å². The molecule has 15 N–H and O–H groups in total. The van der Waals surface area contributed by atoms with Gasteiger partial charge in [-0.05, 0) is 62.4 Å². The Morgan fingerprint density at radius 1 is 0.885 bits per heavy atom. The molecule has 78 heavy (non-hydrogen) atoms. The lowest BCUT2D eigenvalue weighted by molar-refractivity contribution is -0.398. The molecule has 1 heterocycles. The SMILES string of the molecule is COc1cccc2c1C(=O)c1c(O)c3c(c(O)c1C2=O)C[C@@](O)(C(=O)CO)C[C@@H]3O[C@H]1C[C@H](NC(=O)OCc2ccc(NC(=O)[C@H](CCCC[NH3+])NC(=O)[C@H](Cc3ccccc3)NC(=O)[C@@H](C)[NH3+])c(Cl)c2)[C@H](O)[C@H](C)O1.[Cl-].[Cl-]. The number of quaternary nitrogens is 2. The maximum absolute atomic E-state index is 14.1. The second kappa shape index (κ2) is 26.9. The number of Topliss-reactive ketones (excluding diaryl/α,β-unsaturated/α-hetero) is 1. The topological polar surface area (TPSA) is 361 Å². The lowest BCUT2D eigenvalue weighted by Crippen LogP contribution is -3.00. The number of aliphatic hydroxyl groups excluding tert-OH is 2. The van der Waals surface area contributed by atoms with Crippen molar-refractivity contribution in [2.75, 3.05) is 25.6 Å². The van der Waals surface area contributed by atoms with Crippen molar-refractivity contribution in [2.24, 2.45) is 0 Å². The van der Waals surface area contributed by atoms with Gasteiger partial charge in [0.2, 0.25) is 17.6 Å². The zero-order chi connectivity index (χ0) is 55.2. The van der Waals surface area contributed by atoms with Gasteiger partial charge < -0.3 is 102 Å². The highest BCUT2D eigenvalue weighted by molar-refractivity contribution is 6.34. The summed E-state index contributed by atoms with van der Waals surface area (Å²) in [4.78, 5) is 94.5. The molecular formula is C53H63Cl3N6O16. The number of alkyl carbamates (subject to hydrolysis) is 1. The molecule has 0 spiro atoms. The van der Waals surface area contributed by atoms with Crippen LogP contribution in [0.1, 0.15) is 106 Å². The number of phenols is 2. The molecule has 1 saturated heterocycles. The third kappa shape index (κ3) is 13.7. The van der Waals surface area contributed by atoms with Crippen molar-refractivity contribution in [2.45, 2.75) is 120 Å². The second-order valence-electron chi connectivity index (χ2n) is 19.2. The van der Waals surface area contributed by atoms with Crippen LogP contribution in [-0.2, 0) is 52.8 Å². The van der Waals surface area contributed by atoms with Crippen LogP contribution in [0.2, 0.25) is 5.02 Å². The van der Waals surface area contributed by atoms with Gasteiger partial charge in [0.15, 0.2) is 23.9 Å². The lowest BCUT2D eigenvalue weighted by Gasteiger charge is -2.42. The summed E-state index contributed by atoms with van der Waals surface area (Å²) in [7, 11) is 1.29. The van der Waals surface area contributed by atoms with E-state index in [1.165, 1.54) is 44.4 Å². The molecule has 4 amide bonds. The van der Waals surface area contributed by atoms with Gasteiger partial charge in [0, 0.05) is 42.4 Å². The van der Waals surface area contributed by atoms with Crippen LogP contribution in [0.25, 0.3) is 0 Å². The first-order chi connectivity index (χ1) is 36.2. The van der Waals surface area contributed by atoms with Gasteiger partial charge in [-0.3, -0.25) is 28.8 Å². The van der Waals surface area contributed by atoms with Gasteiger partial charge in [-0.15, -0.1) is 0 Å². The number of ketones is 3. The molecule has 3 aliphatic rings. The largest absolute Gasteiger partial charge is 1.00 e. The van der Waals surface area contributed by atoms with Crippen molar-refractivity contribution in [3.05, 3.63) is 116 Å². The Morgan fingerprint density at radius 2 is 1.58 bits per heavy atom. The van der Waals surface area contributed by atoms with E-state index in [0.29, 0.717) is 24.9 Å². The van der Waals surface area contributed by atoms with Gasteiger partial charge in [-0.1, -0.05) is 60.1 Å². The maximum atomic E-state index is 14.1. The van der Waals surface area contributed by atoms with Crippen molar-refractivity contribution in [3.63, 3.8) is 0 Å². The minimum atomic E-state index is -2.41. The number of phenolic OH excluding ortho intramolecular Hbond substituents is 2. The van der Waals surface area contributed by atoms with E-state index in [4.69, 9.17) is 30.5 Å². The van der Waals surface area contributed by atoms with Crippen molar-refractivity contribution >= 4 is 58.5 Å². The number of carbonyl (C=O) groups excluding carboxylic acids is 7. The number of nitrogens with one attached hydrogen (secondary N) is 4. The highest BCUT2D eigenvalue weighted by Gasteiger charge is 2.50. The summed E-state index contributed by atoms with van der Waals surface area (Å²) in [5.41, 5.74) is 4.61. The standard InChI is InChI=1S/C53H61ClN6O16.2ClH/c1-25(56)49(68)59-35(19-27-10-5-4-6-11-27)51(70)58-33(13-7-8-17-55)50(69)57-32-16-15-28(18-31(32)54)24-74-52(71)60-34-20-39(75-26(2)44(34)63)76-37-22-53(72,38(62)23-61)21-30-41(37)48(67)43-42(46(30)65)45(64)29-12-9-14-36(73-3)40(29)47(43)66;;/h4-6,9-12,14-16,18,25-26,33-35,37,39,44,61,63,65,67,72H,7-8,13,17,19-24,55-56H2,1-3H3,(H,57,69)(H,58,70)(H,59,68)(H,60,71);2*1H/t25-,26+,33+,34+,35+,37+,39+,44-,53+;;/m1../s1. The normalized spacial score (nSPS) is 21.3. The molecule has 0 radical (unpaired) electrons. The van der Waals surface area contributed by atoms with Gasteiger partial charge in [0.1, 0.15) is 54.3 Å². The van der Waals surface area contributed by atoms with Crippen LogP contribution in [0.3, 0.4) is 0 Å². The number of methoxy groups -OCH3 is 1. The molecule has 422 valence electrons. The monoisotopic (exact) mass is 1140 g/mol. The Bertz CT molecular complexity index is 2900. The summed E-state index contributed by atoms with van der Waals surface area (Å²) >= 11 is 6.62. The number of hydrogen-bond acceptors (Lipinski definition) is 16. The fraction of sp³-hybridized carbons (Fsp3) is 0.415. The van der Waals surface area contributed by atoms with E-state index in [1.54, 1.807) is 13.0 Å². The Hall–Kier alpha value is -6.44. The van der Waals surface area contributed by atoms with Crippen LogP contribution in [0.15, 0.2) is 66.7 Å². The Balaban J connectivity index is 0.00000560. The van der Waals surface area contributed by atoms with E-state index in [0.717, 1.165) is 5.56 Å². The van der Waals surface area contributed by atoms with E-state index in [-0.39, 0.29) is 89.4 Å². The molecule has 9 atom stereocenters. The van der Waals surface area contributed by atoms with Crippen molar-refractivity contribution in [1.29, 1.82) is 0 Å². The molecular weight excluding hydrogens is 1080 g/mol. The average molecular weight is 1150 g/mol. The number of hydrogen-bond donors (Lipinski definition) is 11. The molecule has 1 fully saturated rings. The average Bonchev–Trinajstić information content (AvgIpc) is 3.39. The summed E-state index contributed by atoms with van der Waals surface area (Å²) in [6.45, 7) is 2.23. The van der Waals surface area contributed by atoms with Crippen molar-refractivity contribution in [3.8, 4) is 17.2 Å². The summed E-state index contributed by atoms with van der Waals surface area (Å²) in [5.74, 6) is -5.89. The Kier molecular flexibility index (Phi) is 21.6. The number of fused-ring (bicyclic) bond motifs is 3. The van der Waals surface area contributed by atoms with E-state index in [9.17, 15) is 59.1 Å². The second-order valence-corrected chi connectivity index (χ2v) is 19.6. The van der Waals surface area contributed by atoms with E-state index in [1.807, 2.05) is 30.3 Å². The third-order valence-electron chi connectivity index (χ3n) is 13.7. The molecule has 25 heteroatoms. The van der Waals surface area contributed by atoms with Gasteiger partial charge in [-0.25, -0.2) is 4.79 Å². The number of halogens is 3. The molecule has 4 aromatic rings. The number of rotatable bonds is 20. The zero-order valence-electron chi connectivity index (χ0n) is 42.8. The van der Waals surface area contributed by atoms with Crippen molar-refractivity contribution in [1.82, 2.24) is 16.0 Å². The quantitative estimate of drug-likeness (QED) is 0.0256. The Labute approximate surface area is 465 Å². The Morgan fingerprint density at radius 3 is 2.23 bits per heavy atom. The first kappa shape index (κ1) is 62.4. The van der Waals surface area contributed by atoms with Crippen LogP contribution in [0.5, 0.6) is 17.2 Å². The predicted molar refractivity (Wildman–Crippen MR) is 269 cm³/mol. The lowest BCUT2D eigenvalue weighted by atomic mass is 9.72. The number of ether oxygens (including phenoxy) is 4. The van der Waals surface area contributed by atoms with Crippen LogP contribution in [-0.4, -0.2) is 135 Å². The maximum Gasteiger partial charge on any atom is 0.407 e. The molecule has 1 aliphatic heterocycles. The number of amides is 4. The highest BCUT2D eigenvalue weighted by atomic mass is 35.5. The fourth-order valence-corrected chi connectivity index (χ4v) is 9.86. The van der Waals surface area contributed by atoms with Crippen LogP contribution < -0.4 is 62.3 Å². The van der Waals surface area contributed by atoms with Crippen LogP contribution in [0.4, 0.5) is 10.5 Å². The smallest absolute Gasteiger partial charge is 0.407 e. The molecule has 22 nitrogen and oxygen atoms in total. The van der Waals surface area contributed by atoms with E-state index in [2.05, 4.69) is 32.7 Å². The number of benzene rings is 4. The number of aliphatic hydroxyl groups is 3. The predicted octanol–water partition coefficient (Wildman–Crippen LogP) is -5.18. The van der Waals surface area contributed by atoms with Gasteiger partial charge >= 0.3 is 6.09 Å². The third-order valence-corrected chi connectivity index (χ3v) is 14.0. The van der Waals surface area contributed by atoms with Gasteiger partial charge in [0.25, 0.3) is 5.91 Å². The number of carbonyl (C=O) groups is 7. The van der Waals surface area contributed by atoms with E-state index >= 15 is 0 Å². The summed E-state index contributed by atoms with van der Waals surface area (Å²) in [6, 6.07) is 14.0. The summed E-state index contributed by atoms with van der Waals surface area (Å²) < 4.78 is 23.0. The molecule has 0 saturated carbocycles. The number of anilines is 1. The molecule has 0 bridgehead atoms. The fourth-order valence-electron chi connectivity index (χ4n) is 9.61.